The lowest BCUT2D eigenvalue weighted by atomic mass is 10.1. The molecular weight excluding hydrogens is 390 g/mol. The minimum atomic E-state index is 0.110. The quantitative estimate of drug-likeness (QED) is 0.568. The summed E-state index contributed by atoms with van der Waals surface area (Å²) in [5, 5.41) is 14.7. The van der Waals surface area contributed by atoms with Crippen LogP contribution in [0.4, 0.5) is 17.8 Å². The average molecular weight is 416 g/mol. The van der Waals surface area contributed by atoms with Crippen LogP contribution in [0.1, 0.15) is 44.1 Å². The van der Waals surface area contributed by atoms with E-state index in [-0.39, 0.29) is 5.75 Å². The molecule has 1 aromatic carbocycles. The van der Waals surface area contributed by atoms with Gasteiger partial charge >= 0.3 is 0 Å². The molecule has 3 heterocycles. The van der Waals surface area contributed by atoms with E-state index in [0.29, 0.717) is 28.4 Å². The molecule has 0 spiro atoms. The molecule has 8 nitrogen and oxygen atoms in total. The van der Waals surface area contributed by atoms with Gasteiger partial charge in [0, 0.05) is 36.8 Å². The third kappa shape index (κ3) is 5.06. The monoisotopic (exact) mass is 415 g/mol. The van der Waals surface area contributed by atoms with E-state index >= 15 is 0 Å². The van der Waals surface area contributed by atoms with Crippen molar-refractivity contribution in [2.24, 2.45) is 5.10 Å². The molecule has 0 unspecified atom stereocenters. The number of aromatic nitrogens is 3. The zero-order valence-corrected chi connectivity index (χ0v) is 17.1. The standard InChI is InChI=1S/C20H26ClN7O/c21-16-7-8-17(29)15(13-16)14-22-26-18-23-19(27-9-3-1-4-10-27)25-20(24-18)28-11-5-2-6-12-28/h7-8,13-14,29H,1-6,9-12H2,(H,23,24,25,26)/b22-14+. The zero-order chi connectivity index (χ0) is 20.1. The SMILES string of the molecule is Oc1ccc(Cl)cc1/C=N/Nc1nc(N2CCCCC2)nc(N2CCCCC2)n1. The fourth-order valence-electron chi connectivity index (χ4n) is 3.66. The summed E-state index contributed by atoms with van der Waals surface area (Å²) >= 11 is 5.99. The predicted octanol–water partition coefficient (Wildman–Crippen LogP) is 3.66. The highest BCUT2D eigenvalue weighted by molar-refractivity contribution is 6.30. The zero-order valence-electron chi connectivity index (χ0n) is 16.4. The van der Waals surface area contributed by atoms with Gasteiger partial charge in [0.05, 0.1) is 6.21 Å². The van der Waals surface area contributed by atoms with Crippen LogP contribution in [-0.4, -0.2) is 52.5 Å². The van der Waals surface area contributed by atoms with Crippen molar-refractivity contribution in [1.29, 1.82) is 0 Å². The number of anilines is 3. The summed E-state index contributed by atoms with van der Waals surface area (Å²) < 4.78 is 0. The third-order valence-electron chi connectivity index (χ3n) is 5.25. The average Bonchev–Trinajstić information content (AvgIpc) is 2.77. The van der Waals surface area contributed by atoms with Crippen LogP contribution < -0.4 is 15.2 Å². The minimum absolute atomic E-state index is 0.110. The molecule has 4 rings (SSSR count). The topological polar surface area (TPSA) is 89.8 Å². The second-order valence-corrected chi connectivity index (χ2v) is 7.86. The number of hydrogen-bond acceptors (Lipinski definition) is 8. The van der Waals surface area contributed by atoms with E-state index in [0.717, 1.165) is 51.9 Å². The number of nitrogens with one attached hydrogen (secondary N) is 1. The Kier molecular flexibility index (Phi) is 6.29. The van der Waals surface area contributed by atoms with Gasteiger partial charge in [-0.2, -0.15) is 20.1 Å². The molecule has 2 N–H and O–H groups in total. The molecule has 2 fully saturated rings. The lowest BCUT2D eigenvalue weighted by molar-refractivity contribution is 0.474. The van der Waals surface area contributed by atoms with E-state index in [4.69, 9.17) is 16.6 Å². The van der Waals surface area contributed by atoms with Crippen molar-refractivity contribution in [1.82, 2.24) is 15.0 Å². The van der Waals surface area contributed by atoms with E-state index in [2.05, 4.69) is 30.3 Å². The minimum Gasteiger partial charge on any atom is -0.507 e. The third-order valence-corrected chi connectivity index (χ3v) is 5.48. The molecule has 2 aromatic rings. The molecule has 9 heteroatoms. The number of halogens is 1. The highest BCUT2D eigenvalue weighted by Gasteiger charge is 2.20. The second-order valence-electron chi connectivity index (χ2n) is 7.43. The van der Waals surface area contributed by atoms with Gasteiger partial charge in [-0.1, -0.05) is 11.6 Å². The van der Waals surface area contributed by atoms with E-state index in [1.165, 1.54) is 25.1 Å². The summed E-state index contributed by atoms with van der Waals surface area (Å²) in [7, 11) is 0. The fraction of sp³-hybridized carbons (Fsp3) is 0.500. The lowest BCUT2D eigenvalue weighted by Crippen LogP contribution is -2.34. The maximum Gasteiger partial charge on any atom is 0.250 e. The maximum atomic E-state index is 9.93. The molecule has 0 saturated carbocycles. The summed E-state index contributed by atoms with van der Waals surface area (Å²) in [6.07, 6.45) is 8.61. The molecule has 0 amide bonds. The number of nitrogens with zero attached hydrogens (tertiary/aromatic N) is 6. The molecule has 0 aliphatic carbocycles. The maximum absolute atomic E-state index is 9.93. The van der Waals surface area contributed by atoms with Gasteiger partial charge in [-0.15, -0.1) is 0 Å². The van der Waals surface area contributed by atoms with Crippen LogP contribution in [0.5, 0.6) is 5.75 Å². The summed E-state index contributed by atoms with van der Waals surface area (Å²) in [5.41, 5.74) is 3.42. The number of hydrazone groups is 1. The van der Waals surface area contributed by atoms with E-state index in [1.807, 2.05) is 0 Å². The number of hydrogen-bond donors (Lipinski definition) is 2. The van der Waals surface area contributed by atoms with Crippen molar-refractivity contribution >= 4 is 35.7 Å². The van der Waals surface area contributed by atoms with Crippen molar-refractivity contribution in [3.63, 3.8) is 0 Å². The summed E-state index contributed by atoms with van der Waals surface area (Å²) in [6.45, 7) is 3.84. The smallest absolute Gasteiger partial charge is 0.250 e. The highest BCUT2D eigenvalue weighted by atomic mass is 35.5. The molecular formula is C20H26ClN7O. The van der Waals surface area contributed by atoms with Gasteiger partial charge in [0.1, 0.15) is 5.75 Å². The molecule has 2 aliphatic heterocycles. The van der Waals surface area contributed by atoms with Gasteiger partial charge in [-0.25, -0.2) is 5.43 Å². The predicted molar refractivity (Wildman–Crippen MR) is 116 cm³/mol. The highest BCUT2D eigenvalue weighted by Crippen LogP contribution is 2.23. The van der Waals surface area contributed by atoms with Crippen LogP contribution in [-0.2, 0) is 0 Å². The fourth-order valence-corrected chi connectivity index (χ4v) is 3.84. The van der Waals surface area contributed by atoms with Gasteiger partial charge in [0.15, 0.2) is 0 Å². The van der Waals surface area contributed by atoms with Crippen LogP contribution in [0.3, 0.4) is 0 Å². The Bertz CT molecular complexity index is 828. The molecule has 2 aliphatic rings. The Balaban J connectivity index is 1.57. The van der Waals surface area contributed by atoms with Gasteiger partial charge in [-0.05, 0) is 56.7 Å². The summed E-state index contributed by atoms with van der Waals surface area (Å²) in [6, 6.07) is 4.81. The van der Waals surface area contributed by atoms with Crippen molar-refractivity contribution in [3.8, 4) is 5.75 Å². The Morgan fingerprint density at radius 1 is 0.897 bits per heavy atom. The Hall–Kier alpha value is -2.61. The van der Waals surface area contributed by atoms with Crippen molar-refractivity contribution in [2.45, 2.75) is 38.5 Å². The van der Waals surface area contributed by atoms with Crippen molar-refractivity contribution in [2.75, 3.05) is 41.4 Å². The van der Waals surface area contributed by atoms with E-state index in [1.54, 1.807) is 12.1 Å². The van der Waals surface area contributed by atoms with Gasteiger partial charge in [0.25, 0.3) is 0 Å². The molecule has 0 bridgehead atoms. The molecule has 0 radical (unpaired) electrons. The van der Waals surface area contributed by atoms with Gasteiger partial charge in [-0.3, -0.25) is 0 Å². The van der Waals surface area contributed by atoms with Gasteiger partial charge < -0.3 is 14.9 Å². The van der Waals surface area contributed by atoms with Crippen molar-refractivity contribution in [3.05, 3.63) is 28.8 Å². The largest absolute Gasteiger partial charge is 0.507 e. The molecule has 29 heavy (non-hydrogen) atoms. The molecule has 154 valence electrons. The summed E-state index contributed by atoms with van der Waals surface area (Å²) in [5.74, 6) is 1.91. The Morgan fingerprint density at radius 2 is 1.48 bits per heavy atom. The first kappa shape index (κ1) is 19.7. The molecule has 2 saturated heterocycles. The van der Waals surface area contributed by atoms with Gasteiger partial charge in [0.2, 0.25) is 17.8 Å². The van der Waals surface area contributed by atoms with E-state index < -0.39 is 0 Å². The van der Waals surface area contributed by atoms with Crippen LogP contribution >= 0.6 is 11.6 Å². The number of phenols is 1. The normalized spacial score (nSPS) is 17.7. The summed E-state index contributed by atoms with van der Waals surface area (Å²) in [4.78, 5) is 18.4. The number of phenolic OH excluding ortho intramolecular Hbond substituents is 1. The number of benzene rings is 1. The first-order valence-electron chi connectivity index (χ1n) is 10.2. The van der Waals surface area contributed by atoms with Crippen molar-refractivity contribution < 1.29 is 5.11 Å². The lowest BCUT2D eigenvalue weighted by Gasteiger charge is -2.30. The Labute approximate surface area is 175 Å². The number of aromatic hydroxyl groups is 1. The molecule has 0 atom stereocenters. The number of piperidine rings is 2. The second kappa shape index (κ2) is 9.26. The van der Waals surface area contributed by atoms with Crippen LogP contribution in [0.25, 0.3) is 0 Å². The molecule has 1 aromatic heterocycles. The van der Waals surface area contributed by atoms with E-state index in [9.17, 15) is 5.11 Å². The van der Waals surface area contributed by atoms with Crippen LogP contribution in [0.15, 0.2) is 23.3 Å². The van der Waals surface area contributed by atoms with Crippen LogP contribution in [0, 0.1) is 0 Å². The first-order chi connectivity index (χ1) is 14.2. The number of rotatable bonds is 5. The Morgan fingerprint density at radius 3 is 2.07 bits per heavy atom. The van der Waals surface area contributed by atoms with Crippen LogP contribution in [0.2, 0.25) is 5.02 Å². The first-order valence-corrected chi connectivity index (χ1v) is 10.6.